The van der Waals surface area contributed by atoms with Crippen molar-refractivity contribution in [3.05, 3.63) is 83.4 Å². The first kappa shape index (κ1) is 24.2. The van der Waals surface area contributed by atoms with Crippen LogP contribution in [-0.2, 0) is 0 Å². The summed E-state index contributed by atoms with van der Waals surface area (Å²) in [5.41, 5.74) is 11.0. The topological polar surface area (TPSA) is 98.8 Å². The lowest BCUT2D eigenvalue weighted by molar-refractivity contribution is 0.476. The number of pyridine rings is 1. The van der Waals surface area contributed by atoms with Crippen LogP contribution in [0.15, 0.2) is 67.3 Å². The minimum absolute atomic E-state index is 0.00951. The Kier molecular flexibility index (Phi) is 7.13. The molecule has 5 rings (SSSR count). The van der Waals surface area contributed by atoms with E-state index in [1.165, 1.54) is 0 Å². The van der Waals surface area contributed by atoms with Gasteiger partial charge in [-0.25, -0.2) is 15.0 Å². The summed E-state index contributed by atoms with van der Waals surface area (Å²) in [7, 11) is 0. The molecule has 0 bridgehead atoms. The monoisotopic (exact) mass is 514 g/mol. The molecule has 36 heavy (non-hydrogen) atoms. The quantitative estimate of drug-likeness (QED) is 0.237. The second-order valence-electron chi connectivity index (χ2n) is 8.43. The molecule has 9 heteroatoms. The molecule has 1 atom stereocenters. The fraction of sp³-hybridized carbons (Fsp3) is 0.185. The molecule has 182 valence electrons. The zero-order valence-electron chi connectivity index (χ0n) is 20.2. The Morgan fingerprint density at radius 2 is 1.89 bits per heavy atom. The van der Waals surface area contributed by atoms with Gasteiger partial charge in [0.15, 0.2) is 0 Å². The molecule has 0 radical (unpaired) electrons. The van der Waals surface area contributed by atoms with Crippen molar-refractivity contribution in [2.24, 2.45) is 5.73 Å². The first-order chi connectivity index (χ1) is 17.5. The lowest BCUT2D eigenvalue weighted by atomic mass is 10.1. The highest BCUT2D eigenvalue weighted by Crippen LogP contribution is 2.33. The summed E-state index contributed by atoms with van der Waals surface area (Å²) in [5.74, 6) is 3.08. The number of aryl methyl sites for hydroxylation is 2. The normalized spacial score (nSPS) is 12.0. The Balaban J connectivity index is 1.40. The van der Waals surface area contributed by atoms with Crippen LogP contribution in [0.1, 0.15) is 22.2 Å². The van der Waals surface area contributed by atoms with E-state index in [1.54, 1.807) is 35.6 Å². The number of thiazole rings is 1. The van der Waals surface area contributed by atoms with Crippen LogP contribution >= 0.6 is 23.1 Å². The third-order valence-corrected chi connectivity index (χ3v) is 7.54. The highest BCUT2D eigenvalue weighted by Gasteiger charge is 2.13. The van der Waals surface area contributed by atoms with Gasteiger partial charge in [-0.15, -0.1) is 11.3 Å². The fourth-order valence-electron chi connectivity index (χ4n) is 3.76. The molecule has 0 fully saturated rings. The maximum atomic E-state index is 6.28. The van der Waals surface area contributed by atoms with Gasteiger partial charge in [0.05, 0.1) is 11.7 Å². The number of thioether (sulfide) groups is 1. The first-order valence-electron chi connectivity index (χ1n) is 11.4. The van der Waals surface area contributed by atoms with Crippen molar-refractivity contribution in [2.75, 3.05) is 17.3 Å². The van der Waals surface area contributed by atoms with E-state index in [-0.39, 0.29) is 6.04 Å². The van der Waals surface area contributed by atoms with Gasteiger partial charge < -0.3 is 15.8 Å². The molecule has 0 saturated carbocycles. The zero-order chi connectivity index (χ0) is 25.1. The second kappa shape index (κ2) is 10.6. The Morgan fingerprint density at radius 3 is 2.67 bits per heavy atom. The summed E-state index contributed by atoms with van der Waals surface area (Å²) >= 11 is 3.36. The van der Waals surface area contributed by atoms with Crippen LogP contribution in [0.3, 0.4) is 0 Å². The average molecular weight is 515 g/mol. The molecule has 0 aliphatic carbocycles. The van der Waals surface area contributed by atoms with E-state index < -0.39 is 0 Å². The molecule has 3 aromatic heterocycles. The van der Waals surface area contributed by atoms with E-state index in [2.05, 4.69) is 37.6 Å². The number of hydrogen-bond acceptors (Lipinski definition) is 9. The van der Waals surface area contributed by atoms with Crippen molar-refractivity contribution in [1.82, 2.24) is 19.9 Å². The molecule has 1 unspecified atom stereocenters. The molecule has 0 aliphatic heterocycles. The van der Waals surface area contributed by atoms with E-state index in [1.807, 2.05) is 62.5 Å². The molecule has 5 aromatic rings. The Hall–Kier alpha value is -3.53. The van der Waals surface area contributed by atoms with E-state index in [4.69, 9.17) is 10.5 Å². The van der Waals surface area contributed by atoms with E-state index in [0.29, 0.717) is 5.75 Å². The number of rotatable bonds is 8. The summed E-state index contributed by atoms with van der Waals surface area (Å²) in [5, 5.41) is 5.30. The highest BCUT2D eigenvalue weighted by molar-refractivity contribution is 7.98. The van der Waals surface area contributed by atoms with Crippen LogP contribution in [0, 0.1) is 13.8 Å². The number of nitrogens with one attached hydrogen (secondary N) is 1. The number of fused-ring (bicyclic) bond motifs is 1. The molecular formula is C27H26N6OS2. The van der Waals surface area contributed by atoms with Gasteiger partial charge in [0.25, 0.3) is 0 Å². The fourth-order valence-corrected chi connectivity index (χ4v) is 5.32. The highest BCUT2D eigenvalue weighted by atomic mass is 32.2. The van der Waals surface area contributed by atoms with Crippen LogP contribution in [0.2, 0.25) is 0 Å². The van der Waals surface area contributed by atoms with Crippen molar-refractivity contribution < 1.29 is 4.74 Å². The Morgan fingerprint density at radius 1 is 1.00 bits per heavy atom. The summed E-state index contributed by atoms with van der Waals surface area (Å²) in [4.78, 5) is 19.0. The number of nitrogens with zero attached hydrogens (tertiary/aromatic N) is 4. The Bertz CT molecular complexity index is 1500. The van der Waals surface area contributed by atoms with Gasteiger partial charge in [0, 0.05) is 45.2 Å². The maximum absolute atomic E-state index is 6.28. The number of ether oxygens (including phenoxy) is 1. The molecule has 3 heterocycles. The molecule has 2 aromatic carbocycles. The van der Waals surface area contributed by atoms with E-state index >= 15 is 0 Å². The van der Waals surface area contributed by atoms with E-state index in [0.717, 1.165) is 60.6 Å². The van der Waals surface area contributed by atoms with Crippen LogP contribution in [0.5, 0.6) is 11.5 Å². The first-order valence-corrected chi connectivity index (χ1v) is 13.6. The zero-order valence-corrected chi connectivity index (χ0v) is 21.9. The molecule has 3 N–H and O–H groups in total. The second-order valence-corrected chi connectivity index (χ2v) is 10.4. The van der Waals surface area contributed by atoms with E-state index in [9.17, 15) is 0 Å². The number of anilines is 2. The van der Waals surface area contributed by atoms with Crippen molar-refractivity contribution >= 4 is 45.5 Å². The summed E-state index contributed by atoms with van der Waals surface area (Å²) < 4.78 is 6.01. The number of aromatic nitrogens is 4. The smallest absolute Gasteiger partial charge is 0.145 e. The van der Waals surface area contributed by atoms with Gasteiger partial charge in [-0.2, -0.15) is 11.8 Å². The SMILES string of the molecule is CSCC(N)c1cnc(-c2ccc3ncnc(Nc4ccc(Oc5ccc(C)nc5)c(C)c4)c3c2)s1. The third-order valence-electron chi connectivity index (χ3n) is 5.67. The number of benzene rings is 2. The average Bonchev–Trinajstić information content (AvgIpc) is 3.38. The van der Waals surface area contributed by atoms with Crippen LogP contribution in [0.4, 0.5) is 11.5 Å². The summed E-state index contributed by atoms with van der Waals surface area (Å²) in [6.45, 7) is 3.96. The van der Waals surface area contributed by atoms with Gasteiger partial charge in [-0.05, 0) is 74.2 Å². The van der Waals surface area contributed by atoms with Gasteiger partial charge in [0.1, 0.15) is 28.7 Å². The molecule has 0 saturated heterocycles. The van der Waals surface area contributed by atoms with Crippen molar-refractivity contribution in [3.8, 4) is 22.1 Å². The number of hydrogen-bond donors (Lipinski definition) is 2. The van der Waals surface area contributed by atoms with Gasteiger partial charge in [-0.1, -0.05) is 0 Å². The largest absolute Gasteiger partial charge is 0.455 e. The lowest BCUT2D eigenvalue weighted by Gasteiger charge is -2.13. The number of nitrogens with two attached hydrogens (primary N) is 1. The molecule has 7 nitrogen and oxygen atoms in total. The van der Waals surface area contributed by atoms with Crippen molar-refractivity contribution in [2.45, 2.75) is 19.9 Å². The minimum atomic E-state index is -0.00951. The van der Waals surface area contributed by atoms with Crippen LogP contribution in [0.25, 0.3) is 21.5 Å². The molecule has 0 spiro atoms. The Labute approximate surface area is 218 Å². The summed E-state index contributed by atoms with van der Waals surface area (Å²) in [6, 6.07) is 15.9. The van der Waals surface area contributed by atoms with Gasteiger partial charge in [0.2, 0.25) is 0 Å². The van der Waals surface area contributed by atoms with Gasteiger partial charge in [-0.3, -0.25) is 4.98 Å². The van der Waals surface area contributed by atoms with Crippen molar-refractivity contribution in [1.29, 1.82) is 0 Å². The minimum Gasteiger partial charge on any atom is -0.455 e. The molecule has 0 amide bonds. The predicted octanol–water partition coefficient (Wildman–Crippen LogP) is 6.66. The summed E-state index contributed by atoms with van der Waals surface area (Å²) in [6.07, 6.45) is 7.24. The standard InChI is InChI=1S/C27H26N6OS2/c1-16-10-19(6-9-24(16)34-20-7-4-17(2)29-12-20)33-26-21-11-18(5-8-23(21)31-15-32-26)27-30-13-25(36-27)22(28)14-35-3/h4-13,15,22H,14,28H2,1-3H3,(H,31,32,33). The predicted molar refractivity (Wildman–Crippen MR) is 149 cm³/mol. The maximum Gasteiger partial charge on any atom is 0.145 e. The van der Waals surface area contributed by atoms with Crippen LogP contribution < -0.4 is 15.8 Å². The van der Waals surface area contributed by atoms with Crippen LogP contribution in [-0.4, -0.2) is 31.9 Å². The molecular weight excluding hydrogens is 488 g/mol. The molecule has 0 aliphatic rings. The van der Waals surface area contributed by atoms with Gasteiger partial charge >= 0.3 is 0 Å². The van der Waals surface area contributed by atoms with Crippen molar-refractivity contribution in [3.63, 3.8) is 0 Å². The lowest BCUT2D eigenvalue weighted by Crippen LogP contribution is -2.10. The third kappa shape index (κ3) is 5.33.